The van der Waals surface area contributed by atoms with Gasteiger partial charge in [0.1, 0.15) is 11.6 Å². The van der Waals surface area contributed by atoms with Crippen LogP contribution in [0.4, 0.5) is 23.4 Å². The fourth-order valence-electron chi connectivity index (χ4n) is 3.99. The van der Waals surface area contributed by atoms with E-state index in [2.05, 4.69) is 20.1 Å². The molecule has 1 aliphatic heterocycles. The van der Waals surface area contributed by atoms with Gasteiger partial charge in [-0.1, -0.05) is 0 Å². The van der Waals surface area contributed by atoms with E-state index in [1.165, 1.54) is 12.1 Å². The summed E-state index contributed by atoms with van der Waals surface area (Å²) in [5.41, 5.74) is 2.54. The molecule has 0 saturated carbocycles. The minimum Gasteiger partial charge on any atom is -0.354 e. The first kappa shape index (κ1) is 23.2. The molecular formula is C23H26F4N6. The Morgan fingerprint density at radius 2 is 1.79 bits per heavy atom. The second-order valence-corrected chi connectivity index (χ2v) is 8.47. The highest BCUT2D eigenvalue weighted by molar-refractivity contribution is 5.63. The molecule has 4 rings (SSSR count). The number of rotatable bonds is 6. The van der Waals surface area contributed by atoms with Crippen LogP contribution in [-0.2, 0) is 19.3 Å². The zero-order valence-corrected chi connectivity index (χ0v) is 18.5. The van der Waals surface area contributed by atoms with Gasteiger partial charge in [-0.3, -0.25) is 10.00 Å². The molecule has 1 fully saturated rings. The van der Waals surface area contributed by atoms with Gasteiger partial charge in [0.15, 0.2) is 0 Å². The summed E-state index contributed by atoms with van der Waals surface area (Å²) in [6.07, 6.45) is -1.65. The normalized spacial score (nSPS) is 15.4. The molecule has 0 amide bonds. The number of H-pyrrole nitrogens is 1. The van der Waals surface area contributed by atoms with Crippen LogP contribution in [-0.4, -0.2) is 65.3 Å². The quantitative estimate of drug-likeness (QED) is 0.561. The first-order chi connectivity index (χ1) is 15.7. The summed E-state index contributed by atoms with van der Waals surface area (Å²) >= 11 is 0. The molecule has 2 aromatic heterocycles. The van der Waals surface area contributed by atoms with Gasteiger partial charge in [-0.25, -0.2) is 9.37 Å². The second-order valence-electron chi connectivity index (χ2n) is 8.47. The van der Waals surface area contributed by atoms with Crippen LogP contribution in [0.15, 0.2) is 42.7 Å². The van der Waals surface area contributed by atoms with E-state index in [4.69, 9.17) is 0 Å². The summed E-state index contributed by atoms with van der Waals surface area (Å²) in [7, 11) is 3.79. The molecule has 1 aliphatic rings. The van der Waals surface area contributed by atoms with Crippen LogP contribution in [0.25, 0.3) is 11.3 Å². The van der Waals surface area contributed by atoms with Gasteiger partial charge in [0.2, 0.25) is 0 Å². The second kappa shape index (κ2) is 9.48. The van der Waals surface area contributed by atoms with Crippen LogP contribution < -0.4 is 4.90 Å². The number of hydrogen-bond donors (Lipinski definition) is 1. The first-order valence-electron chi connectivity index (χ1n) is 10.7. The molecular weight excluding hydrogens is 436 g/mol. The van der Waals surface area contributed by atoms with E-state index in [0.717, 1.165) is 42.2 Å². The van der Waals surface area contributed by atoms with Crippen molar-refractivity contribution in [3.8, 4) is 11.3 Å². The largest absolute Gasteiger partial charge is 0.417 e. The van der Waals surface area contributed by atoms with Crippen LogP contribution in [0.5, 0.6) is 0 Å². The highest BCUT2D eigenvalue weighted by atomic mass is 19.4. The molecule has 0 atom stereocenters. The number of halogens is 4. The average molecular weight is 462 g/mol. The molecule has 33 heavy (non-hydrogen) atoms. The Labute approximate surface area is 189 Å². The zero-order valence-electron chi connectivity index (χ0n) is 18.5. The van der Waals surface area contributed by atoms with E-state index in [1.54, 1.807) is 6.07 Å². The molecule has 176 valence electrons. The van der Waals surface area contributed by atoms with E-state index >= 15 is 0 Å². The van der Waals surface area contributed by atoms with E-state index < -0.39 is 11.7 Å². The summed E-state index contributed by atoms with van der Waals surface area (Å²) in [6.45, 7) is 3.97. The van der Waals surface area contributed by atoms with Gasteiger partial charge in [0.25, 0.3) is 0 Å². The van der Waals surface area contributed by atoms with Crippen LogP contribution in [0.2, 0.25) is 0 Å². The third-order valence-electron chi connectivity index (χ3n) is 5.69. The number of aromatic nitrogens is 3. The van der Waals surface area contributed by atoms with E-state index in [1.807, 2.05) is 36.2 Å². The van der Waals surface area contributed by atoms with Gasteiger partial charge in [-0.2, -0.15) is 18.3 Å². The lowest BCUT2D eigenvalue weighted by Crippen LogP contribution is -2.46. The highest BCUT2D eigenvalue weighted by Gasteiger charge is 2.31. The van der Waals surface area contributed by atoms with Crippen molar-refractivity contribution in [1.29, 1.82) is 0 Å². The van der Waals surface area contributed by atoms with E-state index in [0.29, 0.717) is 37.6 Å². The summed E-state index contributed by atoms with van der Waals surface area (Å²) in [6, 6.07) is 7.54. The third kappa shape index (κ3) is 5.51. The van der Waals surface area contributed by atoms with Crippen LogP contribution >= 0.6 is 0 Å². The maximum Gasteiger partial charge on any atom is 0.417 e. The summed E-state index contributed by atoms with van der Waals surface area (Å²) in [5.74, 6) is 0.309. The Morgan fingerprint density at radius 3 is 2.42 bits per heavy atom. The molecule has 1 aromatic carbocycles. The van der Waals surface area contributed by atoms with E-state index in [-0.39, 0.29) is 5.82 Å². The Balaban J connectivity index is 1.40. The number of piperazine rings is 1. The van der Waals surface area contributed by atoms with Crippen LogP contribution in [0.3, 0.4) is 0 Å². The topological polar surface area (TPSA) is 51.3 Å². The van der Waals surface area contributed by atoms with Crippen molar-refractivity contribution in [2.75, 3.05) is 45.2 Å². The number of nitrogens with zero attached hydrogens (tertiary/aromatic N) is 5. The minimum atomic E-state index is -4.38. The Morgan fingerprint density at radius 1 is 1.03 bits per heavy atom. The Hall–Kier alpha value is -2.98. The van der Waals surface area contributed by atoms with Crippen molar-refractivity contribution < 1.29 is 17.6 Å². The molecule has 6 nitrogen and oxygen atoms in total. The molecule has 3 aromatic rings. The van der Waals surface area contributed by atoms with Crippen molar-refractivity contribution >= 4 is 5.82 Å². The minimum absolute atomic E-state index is 0.238. The fourth-order valence-corrected chi connectivity index (χ4v) is 3.99. The molecule has 1 N–H and O–H groups in total. The predicted octanol–water partition coefficient (Wildman–Crippen LogP) is 4.01. The Bertz CT molecular complexity index is 1070. The van der Waals surface area contributed by atoms with Crippen molar-refractivity contribution in [3.05, 3.63) is 65.2 Å². The number of anilines is 1. The lowest BCUT2D eigenvalue weighted by Gasteiger charge is -2.35. The van der Waals surface area contributed by atoms with Gasteiger partial charge in [-0.15, -0.1) is 0 Å². The summed E-state index contributed by atoms with van der Waals surface area (Å²) in [5, 5.41) is 7.31. The number of alkyl halides is 3. The first-order valence-corrected chi connectivity index (χ1v) is 10.7. The maximum atomic E-state index is 14.2. The average Bonchev–Trinajstić information content (AvgIpc) is 3.23. The molecule has 0 unspecified atom stereocenters. The Kier molecular flexibility index (Phi) is 6.66. The van der Waals surface area contributed by atoms with Gasteiger partial charge in [-0.05, 0) is 44.4 Å². The monoisotopic (exact) mass is 462 g/mol. The fraction of sp³-hybridized carbons (Fsp3) is 0.391. The van der Waals surface area contributed by atoms with Crippen molar-refractivity contribution in [2.45, 2.75) is 19.3 Å². The molecule has 0 bridgehead atoms. The summed E-state index contributed by atoms with van der Waals surface area (Å²) < 4.78 is 52.4. The smallest absolute Gasteiger partial charge is 0.354 e. The molecule has 3 heterocycles. The number of benzene rings is 1. The molecule has 0 spiro atoms. The van der Waals surface area contributed by atoms with Crippen LogP contribution in [0.1, 0.15) is 16.7 Å². The maximum absolute atomic E-state index is 14.2. The highest BCUT2D eigenvalue weighted by Crippen LogP contribution is 2.30. The summed E-state index contributed by atoms with van der Waals surface area (Å²) in [4.78, 5) is 10.2. The van der Waals surface area contributed by atoms with Gasteiger partial charge < -0.3 is 9.80 Å². The van der Waals surface area contributed by atoms with Crippen molar-refractivity contribution in [3.63, 3.8) is 0 Å². The van der Waals surface area contributed by atoms with Gasteiger partial charge in [0.05, 0.1) is 11.3 Å². The lowest BCUT2D eigenvalue weighted by atomic mass is 10.0. The number of nitrogens with one attached hydrogen (secondary N) is 1. The van der Waals surface area contributed by atoms with E-state index in [9.17, 15) is 17.6 Å². The zero-order chi connectivity index (χ0) is 23.6. The molecule has 10 heteroatoms. The molecule has 0 radical (unpaired) electrons. The molecule has 1 saturated heterocycles. The van der Waals surface area contributed by atoms with Gasteiger partial charge >= 0.3 is 6.18 Å². The van der Waals surface area contributed by atoms with Crippen molar-refractivity contribution in [1.82, 2.24) is 25.0 Å². The van der Waals surface area contributed by atoms with Gasteiger partial charge in [0, 0.05) is 68.4 Å². The SMILES string of the molecule is CN(C)Cc1cc(-c2n[nH]cc2CN2CCN(c3ccc(C(F)(F)F)cn3)CC2)ccc1F. The standard InChI is InChI=1S/C23H26F4N6/c1-31(2)14-17-11-16(3-5-20(17)24)22-18(12-29-30-22)15-32-7-9-33(10-8-32)21-6-4-19(13-28-21)23(25,26)27/h3-6,11-13H,7-10,14-15H2,1-2H3,(H,29,30). The van der Waals surface area contributed by atoms with Crippen molar-refractivity contribution in [2.24, 2.45) is 0 Å². The number of aromatic amines is 1. The third-order valence-corrected chi connectivity index (χ3v) is 5.69. The number of pyridine rings is 1. The number of hydrogen-bond acceptors (Lipinski definition) is 5. The van der Waals surface area contributed by atoms with Crippen LogP contribution in [0, 0.1) is 5.82 Å². The molecule has 0 aliphatic carbocycles. The predicted molar refractivity (Wildman–Crippen MR) is 118 cm³/mol. The lowest BCUT2D eigenvalue weighted by molar-refractivity contribution is -0.137.